The molecule has 1 amide bonds. The number of nitrogens with two attached hydrogens (primary N) is 1. The number of benzene rings is 1. The fraction of sp³-hybridized carbons (Fsp3) is 0.167. The van der Waals surface area contributed by atoms with Crippen molar-refractivity contribution < 1.29 is 4.79 Å². The van der Waals surface area contributed by atoms with Crippen molar-refractivity contribution in [3.05, 3.63) is 48.0 Å². The molecular formula is C12H12N2OS. The van der Waals surface area contributed by atoms with Gasteiger partial charge >= 0.3 is 0 Å². The molecular weight excluding hydrogens is 220 g/mol. The van der Waals surface area contributed by atoms with E-state index >= 15 is 0 Å². The van der Waals surface area contributed by atoms with Crippen LogP contribution < -0.4 is 5.73 Å². The Morgan fingerprint density at radius 3 is 2.44 bits per heavy atom. The summed E-state index contributed by atoms with van der Waals surface area (Å²) in [6, 6.07) is 11.1. The van der Waals surface area contributed by atoms with E-state index in [0.717, 1.165) is 5.56 Å². The number of carbonyl (C=O) groups is 1. The van der Waals surface area contributed by atoms with Gasteiger partial charge in [0.2, 0.25) is 5.91 Å². The minimum atomic E-state index is -0.741. The largest absolute Gasteiger partial charge is 0.369 e. The third-order valence-corrected chi connectivity index (χ3v) is 2.84. The molecule has 4 heteroatoms. The van der Waals surface area contributed by atoms with Crippen molar-refractivity contribution in [1.29, 1.82) is 5.26 Å². The maximum atomic E-state index is 11.1. The minimum Gasteiger partial charge on any atom is -0.369 e. The third-order valence-electron chi connectivity index (χ3n) is 2.28. The Bertz CT molecular complexity index is 436. The van der Waals surface area contributed by atoms with Gasteiger partial charge in [-0.2, -0.15) is 17.9 Å². The quantitative estimate of drug-likeness (QED) is 0.612. The molecule has 0 spiro atoms. The van der Waals surface area contributed by atoms with Gasteiger partial charge in [0.1, 0.15) is 0 Å². The van der Waals surface area contributed by atoms with E-state index in [1.54, 1.807) is 0 Å². The normalized spacial score (nSPS) is 13.5. The number of hydrogen-bond donors (Lipinski definition) is 2. The van der Waals surface area contributed by atoms with Gasteiger partial charge in [0.25, 0.3) is 0 Å². The van der Waals surface area contributed by atoms with Gasteiger partial charge in [-0.15, -0.1) is 0 Å². The van der Waals surface area contributed by atoms with Crippen LogP contribution in [-0.4, -0.2) is 11.2 Å². The molecule has 0 aromatic heterocycles. The van der Waals surface area contributed by atoms with Crippen molar-refractivity contribution in [2.24, 2.45) is 5.73 Å². The van der Waals surface area contributed by atoms with Gasteiger partial charge in [-0.05, 0) is 5.56 Å². The van der Waals surface area contributed by atoms with E-state index in [4.69, 9.17) is 11.0 Å². The predicted molar refractivity (Wildman–Crippen MR) is 65.9 cm³/mol. The van der Waals surface area contributed by atoms with Gasteiger partial charge in [-0.1, -0.05) is 36.9 Å². The summed E-state index contributed by atoms with van der Waals surface area (Å²) >= 11 is 4.14. The van der Waals surface area contributed by atoms with Crippen molar-refractivity contribution >= 4 is 18.5 Å². The molecule has 3 nitrogen and oxygen atoms in total. The lowest BCUT2D eigenvalue weighted by atomic mass is 9.89. The summed E-state index contributed by atoms with van der Waals surface area (Å²) in [6.07, 6.45) is 0. The molecule has 2 atom stereocenters. The van der Waals surface area contributed by atoms with E-state index in [1.165, 1.54) is 0 Å². The molecule has 0 bridgehead atoms. The van der Waals surface area contributed by atoms with E-state index in [1.807, 2.05) is 36.4 Å². The van der Waals surface area contributed by atoms with Crippen LogP contribution in [0.25, 0.3) is 0 Å². The first-order valence-electron chi connectivity index (χ1n) is 4.69. The van der Waals surface area contributed by atoms with E-state index < -0.39 is 17.1 Å². The highest BCUT2D eigenvalue weighted by Crippen LogP contribution is 2.29. The summed E-state index contributed by atoms with van der Waals surface area (Å²) in [5.41, 5.74) is 6.30. The number of thiol groups is 1. The lowest BCUT2D eigenvalue weighted by molar-refractivity contribution is -0.117. The Balaban J connectivity index is 3.12. The van der Waals surface area contributed by atoms with Crippen molar-refractivity contribution in [3.8, 4) is 6.07 Å². The summed E-state index contributed by atoms with van der Waals surface area (Å²) in [4.78, 5) is 11.1. The van der Waals surface area contributed by atoms with Gasteiger partial charge in [0.15, 0.2) is 0 Å². The van der Waals surface area contributed by atoms with Crippen molar-refractivity contribution in [1.82, 2.24) is 0 Å². The van der Waals surface area contributed by atoms with Gasteiger partial charge in [-0.3, -0.25) is 4.79 Å². The van der Waals surface area contributed by atoms with Crippen LogP contribution in [0.3, 0.4) is 0 Å². The molecule has 16 heavy (non-hydrogen) atoms. The van der Waals surface area contributed by atoms with Crippen molar-refractivity contribution in [3.63, 3.8) is 0 Å². The number of primary amides is 1. The maximum absolute atomic E-state index is 11.1. The Morgan fingerprint density at radius 2 is 2.00 bits per heavy atom. The number of rotatable bonds is 4. The summed E-state index contributed by atoms with van der Waals surface area (Å²) in [5.74, 6) is -1.03. The first kappa shape index (κ1) is 12.3. The summed E-state index contributed by atoms with van der Waals surface area (Å²) < 4.78 is 0. The topological polar surface area (TPSA) is 66.9 Å². The molecule has 0 unspecified atom stereocenters. The fourth-order valence-corrected chi connectivity index (χ4v) is 1.82. The van der Waals surface area contributed by atoms with Gasteiger partial charge in [0, 0.05) is 11.5 Å². The molecule has 2 N–H and O–H groups in total. The fourth-order valence-electron chi connectivity index (χ4n) is 1.47. The van der Waals surface area contributed by atoms with Crippen molar-refractivity contribution in [2.45, 2.75) is 11.2 Å². The lowest BCUT2D eigenvalue weighted by Gasteiger charge is -2.19. The van der Waals surface area contributed by atoms with Crippen LogP contribution in [0.2, 0.25) is 0 Å². The third kappa shape index (κ3) is 2.65. The average Bonchev–Trinajstić information content (AvgIpc) is 2.30. The number of hydrogen-bond acceptors (Lipinski definition) is 3. The molecule has 0 saturated carbocycles. The Labute approximate surface area is 100.0 Å². The zero-order chi connectivity index (χ0) is 12.1. The van der Waals surface area contributed by atoms with E-state index in [-0.39, 0.29) is 5.57 Å². The van der Waals surface area contributed by atoms with Crippen LogP contribution in [0.1, 0.15) is 11.5 Å². The maximum Gasteiger partial charge on any atom is 0.231 e. The number of allylic oxidation sites excluding steroid dienone is 1. The molecule has 0 heterocycles. The predicted octanol–water partition coefficient (Wildman–Crippen LogP) is 1.63. The molecule has 1 aromatic rings. The van der Waals surface area contributed by atoms with Gasteiger partial charge in [-0.25, -0.2) is 0 Å². The Morgan fingerprint density at radius 1 is 1.44 bits per heavy atom. The summed E-state index contributed by atoms with van der Waals surface area (Å²) in [5, 5.41) is 8.12. The zero-order valence-electron chi connectivity index (χ0n) is 8.63. The first-order chi connectivity index (χ1) is 7.57. The molecule has 1 rings (SSSR count). The molecule has 0 radical (unpaired) electrons. The standard InChI is InChI=1S/C12H12N2OS/c1-8(7-13)10(11(16)12(14)15)9-5-3-2-4-6-9/h2-6,10-11,16H,1H2,(H2,14,15)/t10-,11-/m1/s1. The molecule has 0 aliphatic rings. The zero-order valence-corrected chi connectivity index (χ0v) is 9.52. The smallest absolute Gasteiger partial charge is 0.231 e. The lowest BCUT2D eigenvalue weighted by Crippen LogP contribution is -2.30. The minimum absolute atomic E-state index is 0.282. The molecule has 0 saturated heterocycles. The van der Waals surface area contributed by atoms with Gasteiger partial charge < -0.3 is 5.73 Å². The molecule has 0 aliphatic heterocycles. The number of carbonyl (C=O) groups excluding carboxylic acids is 1. The highest BCUT2D eigenvalue weighted by Gasteiger charge is 2.27. The van der Waals surface area contributed by atoms with E-state index in [0.29, 0.717) is 0 Å². The highest BCUT2D eigenvalue weighted by molar-refractivity contribution is 7.81. The van der Waals surface area contributed by atoms with Gasteiger partial charge in [0.05, 0.1) is 11.3 Å². The average molecular weight is 232 g/mol. The second-order valence-electron chi connectivity index (χ2n) is 3.37. The van der Waals surface area contributed by atoms with Crippen LogP contribution in [-0.2, 0) is 4.79 Å². The molecule has 1 aromatic carbocycles. The first-order valence-corrected chi connectivity index (χ1v) is 5.20. The van der Waals surface area contributed by atoms with Crippen LogP contribution in [0, 0.1) is 11.3 Å². The number of nitriles is 1. The van der Waals surface area contributed by atoms with Crippen LogP contribution in [0.5, 0.6) is 0 Å². The highest BCUT2D eigenvalue weighted by atomic mass is 32.1. The molecule has 0 fully saturated rings. The molecule has 82 valence electrons. The second-order valence-corrected chi connectivity index (χ2v) is 3.93. The van der Waals surface area contributed by atoms with Crippen LogP contribution in [0.15, 0.2) is 42.5 Å². The Kier molecular flexibility index (Phi) is 4.15. The Hall–Kier alpha value is -1.73. The van der Waals surface area contributed by atoms with E-state index in [2.05, 4.69) is 19.2 Å². The summed E-state index contributed by atoms with van der Waals surface area (Å²) in [7, 11) is 0. The number of nitrogens with zero attached hydrogens (tertiary/aromatic N) is 1. The number of amides is 1. The van der Waals surface area contributed by atoms with Crippen LogP contribution >= 0.6 is 12.6 Å². The molecule has 0 aliphatic carbocycles. The monoisotopic (exact) mass is 232 g/mol. The van der Waals surface area contributed by atoms with Crippen molar-refractivity contribution in [2.75, 3.05) is 0 Å². The second kappa shape index (κ2) is 5.38. The van der Waals surface area contributed by atoms with E-state index in [9.17, 15) is 4.79 Å². The van der Waals surface area contributed by atoms with Crippen LogP contribution in [0.4, 0.5) is 0 Å². The summed E-state index contributed by atoms with van der Waals surface area (Å²) in [6.45, 7) is 3.64. The SMILES string of the molecule is C=C(C#N)[C@H](c1ccccc1)[C@@H](S)C(N)=O.